The van der Waals surface area contributed by atoms with Gasteiger partial charge in [0.2, 0.25) is 5.91 Å². The summed E-state index contributed by atoms with van der Waals surface area (Å²) >= 11 is 0. The molecular weight excluding hydrogens is 452 g/mol. The van der Waals surface area contributed by atoms with E-state index in [4.69, 9.17) is 4.74 Å². The Bertz CT molecular complexity index is 1110. The van der Waals surface area contributed by atoms with E-state index < -0.39 is 0 Å². The van der Waals surface area contributed by atoms with Crippen molar-refractivity contribution in [2.45, 2.75) is 57.0 Å². The summed E-state index contributed by atoms with van der Waals surface area (Å²) in [5, 5.41) is 1.04. The van der Waals surface area contributed by atoms with E-state index in [2.05, 4.69) is 16.8 Å². The number of aromatic nitrogens is 1. The molecule has 1 aromatic heterocycles. The molecule has 2 aromatic rings. The molecule has 7 heteroatoms. The summed E-state index contributed by atoms with van der Waals surface area (Å²) in [6, 6.07) is 9.99. The minimum absolute atomic E-state index is 0.0105. The third-order valence-corrected chi connectivity index (χ3v) is 8.80. The summed E-state index contributed by atoms with van der Waals surface area (Å²) in [6.07, 6.45) is 7.42. The van der Waals surface area contributed by atoms with Crippen LogP contribution in [0.4, 0.5) is 0 Å². The normalized spacial score (nSPS) is 24.7. The van der Waals surface area contributed by atoms with Gasteiger partial charge in [0.05, 0.1) is 24.2 Å². The second kappa shape index (κ2) is 11.0. The minimum atomic E-state index is -0.189. The summed E-state index contributed by atoms with van der Waals surface area (Å²) in [5.41, 5.74) is 1.42. The van der Waals surface area contributed by atoms with Crippen LogP contribution in [0.5, 0.6) is 0 Å². The Morgan fingerprint density at radius 1 is 1.06 bits per heavy atom. The van der Waals surface area contributed by atoms with Crippen LogP contribution in [0.25, 0.3) is 10.9 Å². The molecule has 3 heterocycles. The highest BCUT2D eigenvalue weighted by atomic mass is 16.5. The number of ether oxygens (including phenoxy) is 1. The van der Waals surface area contributed by atoms with Gasteiger partial charge in [-0.2, -0.15) is 0 Å². The number of benzene rings is 1. The molecule has 1 amide bonds. The van der Waals surface area contributed by atoms with Crippen LogP contribution >= 0.6 is 0 Å². The lowest BCUT2D eigenvalue weighted by atomic mass is 9.85. The van der Waals surface area contributed by atoms with Gasteiger partial charge in [-0.25, -0.2) is 0 Å². The first-order chi connectivity index (χ1) is 17.5. The van der Waals surface area contributed by atoms with E-state index >= 15 is 0 Å². The fourth-order valence-electron chi connectivity index (χ4n) is 6.58. The van der Waals surface area contributed by atoms with Gasteiger partial charge in [-0.3, -0.25) is 14.5 Å². The van der Waals surface area contributed by atoms with Gasteiger partial charge in [0.15, 0.2) is 0 Å². The van der Waals surface area contributed by atoms with Crippen LogP contribution in [-0.2, 0) is 23.1 Å². The molecule has 1 unspecified atom stereocenters. The second-order valence-electron chi connectivity index (χ2n) is 11.3. The van der Waals surface area contributed by atoms with Gasteiger partial charge in [0, 0.05) is 57.9 Å². The number of carbonyl (C=O) groups excluding carboxylic acids is 1. The molecule has 3 fully saturated rings. The van der Waals surface area contributed by atoms with Crippen molar-refractivity contribution in [1.29, 1.82) is 0 Å². The monoisotopic (exact) mass is 494 g/mol. The summed E-state index contributed by atoms with van der Waals surface area (Å²) in [5.74, 6) is 0.293. The van der Waals surface area contributed by atoms with Crippen molar-refractivity contribution in [1.82, 2.24) is 19.3 Å². The molecular formula is C29H42N4O3. The Balaban J connectivity index is 1.48. The Labute approximate surface area is 215 Å². The van der Waals surface area contributed by atoms with E-state index in [0.717, 1.165) is 82.2 Å². The quantitative estimate of drug-likeness (QED) is 0.617. The van der Waals surface area contributed by atoms with Crippen molar-refractivity contribution in [3.63, 3.8) is 0 Å². The molecule has 1 atom stereocenters. The maximum Gasteiger partial charge on any atom is 0.255 e. The number of piperazine rings is 1. The lowest BCUT2D eigenvalue weighted by Gasteiger charge is -2.51. The number of hydrogen-bond acceptors (Lipinski definition) is 5. The minimum Gasteiger partial charge on any atom is -0.379 e. The van der Waals surface area contributed by atoms with Gasteiger partial charge in [-0.15, -0.1) is 0 Å². The number of rotatable bonds is 6. The number of pyridine rings is 1. The van der Waals surface area contributed by atoms with E-state index in [1.54, 1.807) is 4.57 Å². The van der Waals surface area contributed by atoms with Gasteiger partial charge in [0.25, 0.3) is 5.56 Å². The zero-order valence-corrected chi connectivity index (χ0v) is 22.1. The van der Waals surface area contributed by atoms with Gasteiger partial charge in [-0.05, 0) is 50.2 Å². The Hall–Kier alpha value is -2.22. The number of nitrogens with zero attached hydrogens (tertiary/aromatic N) is 4. The lowest BCUT2D eigenvalue weighted by Crippen LogP contribution is -2.64. The zero-order valence-electron chi connectivity index (χ0n) is 22.1. The molecule has 0 spiro atoms. The second-order valence-corrected chi connectivity index (χ2v) is 11.3. The van der Waals surface area contributed by atoms with Crippen molar-refractivity contribution in [2.75, 3.05) is 53.0 Å². The summed E-state index contributed by atoms with van der Waals surface area (Å²) in [4.78, 5) is 34.5. The third-order valence-electron chi connectivity index (χ3n) is 8.80. The highest BCUT2D eigenvalue weighted by molar-refractivity contribution is 5.81. The largest absolute Gasteiger partial charge is 0.379 e. The maximum absolute atomic E-state index is 14.1. The highest BCUT2D eigenvalue weighted by Crippen LogP contribution is 2.32. The SMILES string of the molecule is CN1CCN(C2(CN(Cc3cc4ccccc4n(C)c3=O)C(=O)C3CCCCC3)CCCOC2)CC1. The van der Waals surface area contributed by atoms with Crippen molar-refractivity contribution < 1.29 is 9.53 Å². The number of hydrogen-bond donors (Lipinski definition) is 0. The Morgan fingerprint density at radius 3 is 2.53 bits per heavy atom. The van der Waals surface area contributed by atoms with E-state index in [1.807, 2.05) is 42.3 Å². The zero-order chi connectivity index (χ0) is 25.1. The van der Waals surface area contributed by atoms with Crippen LogP contribution < -0.4 is 5.56 Å². The molecule has 1 saturated carbocycles. The van der Waals surface area contributed by atoms with Crippen LogP contribution in [0.3, 0.4) is 0 Å². The predicted octanol–water partition coefficient (Wildman–Crippen LogP) is 3.24. The van der Waals surface area contributed by atoms with Crippen LogP contribution in [0.1, 0.15) is 50.5 Å². The van der Waals surface area contributed by atoms with Crippen molar-refractivity contribution in [3.8, 4) is 0 Å². The molecule has 2 aliphatic heterocycles. The summed E-state index contributed by atoms with van der Waals surface area (Å²) in [7, 11) is 4.01. The molecule has 0 bridgehead atoms. The third kappa shape index (κ3) is 5.24. The molecule has 0 N–H and O–H groups in total. The summed E-state index contributed by atoms with van der Waals surface area (Å²) in [6.45, 7) is 6.47. The lowest BCUT2D eigenvalue weighted by molar-refractivity contribution is -0.143. The van der Waals surface area contributed by atoms with Crippen molar-refractivity contribution >= 4 is 16.8 Å². The molecule has 2 saturated heterocycles. The number of fused-ring (bicyclic) bond motifs is 1. The van der Waals surface area contributed by atoms with E-state index in [1.165, 1.54) is 6.42 Å². The number of amides is 1. The number of likely N-dealkylation sites (N-methyl/N-ethyl adjacent to an activating group) is 1. The fraction of sp³-hybridized carbons (Fsp3) is 0.655. The van der Waals surface area contributed by atoms with E-state index in [0.29, 0.717) is 25.3 Å². The van der Waals surface area contributed by atoms with Gasteiger partial charge in [-0.1, -0.05) is 37.5 Å². The van der Waals surface area contributed by atoms with Crippen LogP contribution in [-0.4, -0.2) is 83.7 Å². The van der Waals surface area contributed by atoms with Crippen LogP contribution in [0, 0.1) is 5.92 Å². The maximum atomic E-state index is 14.1. The molecule has 1 aliphatic carbocycles. The van der Waals surface area contributed by atoms with E-state index in [-0.39, 0.29) is 22.9 Å². The summed E-state index contributed by atoms with van der Waals surface area (Å²) < 4.78 is 7.81. The van der Waals surface area contributed by atoms with Crippen LogP contribution in [0.15, 0.2) is 35.1 Å². The number of para-hydroxylation sites is 1. The average Bonchev–Trinajstić information content (AvgIpc) is 2.92. The molecule has 0 radical (unpaired) electrons. The highest BCUT2D eigenvalue weighted by Gasteiger charge is 2.43. The van der Waals surface area contributed by atoms with Gasteiger partial charge in [0.1, 0.15) is 0 Å². The smallest absolute Gasteiger partial charge is 0.255 e. The fourth-order valence-corrected chi connectivity index (χ4v) is 6.58. The average molecular weight is 495 g/mol. The molecule has 3 aliphatic rings. The van der Waals surface area contributed by atoms with Gasteiger partial charge < -0.3 is 19.1 Å². The first kappa shape index (κ1) is 25.4. The first-order valence-corrected chi connectivity index (χ1v) is 13.8. The standard InChI is InChI=1S/C29H42N4O3/c1-30-14-16-33(17-15-30)29(13-8-18-36-22-29)21-32(28(35)23-9-4-3-5-10-23)20-25-19-24-11-6-7-12-26(24)31(2)27(25)34/h6-7,11-12,19,23H,3-5,8-10,13-18,20-22H2,1-2H3. The Morgan fingerprint density at radius 2 is 1.81 bits per heavy atom. The molecule has 196 valence electrons. The first-order valence-electron chi connectivity index (χ1n) is 13.8. The molecule has 5 rings (SSSR count). The van der Waals surface area contributed by atoms with Crippen molar-refractivity contribution in [2.24, 2.45) is 13.0 Å². The molecule has 1 aromatic carbocycles. The van der Waals surface area contributed by atoms with Crippen molar-refractivity contribution in [3.05, 3.63) is 46.2 Å². The number of aryl methyl sites for hydroxylation is 1. The van der Waals surface area contributed by atoms with Crippen LogP contribution in [0.2, 0.25) is 0 Å². The predicted molar refractivity (Wildman–Crippen MR) is 143 cm³/mol. The Kier molecular flexibility index (Phi) is 7.79. The topological polar surface area (TPSA) is 58.0 Å². The number of carbonyl (C=O) groups is 1. The molecule has 36 heavy (non-hydrogen) atoms. The van der Waals surface area contributed by atoms with Gasteiger partial charge >= 0.3 is 0 Å². The van der Waals surface area contributed by atoms with E-state index in [9.17, 15) is 9.59 Å². The molecule has 7 nitrogen and oxygen atoms in total.